The molecule has 0 atom stereocenters. The van der Waals surface area contributed by atoms with E-state index < -0.39 is 0 Å². The van der Waals surface area contributed by atoms with Gasteiger partial charge in [0.2, 0.25) is 6.79 Å². The molecular weight excluding hydrogens is 402 g/mol. The van der Waals surface area contributed by atoms with Crippen molar-refractivity contribution in [3.8, 4) is 17.2 Å². The molecule has 0 spiro atoms. The molecule has 1 amide bonds. The van der Waals surface area contributed by atoms with E-state index in [0.717, 1.165) is 23.5 Å². The smallest absolute Gasteiger partial charge is 0.268 e. The van der Waals surface area contributed by atoms with Gasteiger partial charge in [-0.3, -0.25) is 14.2 Å². The van der Waals surface area contributed by atoms with Gasteiger partial charge in [-0.05, 0) is 51.0 Å². The first-order valence-corrected chi connectivity index (χ1v) is 10.6. The summed E-state index contributed by atoms with van der Waals surface area (Å²) >= 11 is 1.69. The molecule has 0 bridgehead atoms. The summed E-state index contributed by atoms with van der Waals surface area (Å²) in [6, 6.07) is 7.02. The molecule has 1 N–H and O–H groups in total. The van der Waals surface area contributed by atoms with Gasteiger partial charge in [-0.25, -0.2) is 4.98 Å². The van der Waals surface area contributed by atoms with Gasteiger partial charge in [-0.15, -0.1) is 11.3 Å². The van der Waals surface area contributed by atoms with Crippen LogP contribution in [0.25, 0.3) is 5.69 Å². The topological polar surface area (TPSA) is 82.5 Å². The molecule has 8 heteroatoms. The highest BCUT2D eigenvalue weighted by molar-refractivity contribution is 7.11. The van der Waals surface area contributed by atoms with Crippen molar-refractivity contribution in [3.05, 3.63) is 67.5 Å². The Bertz CT molecular complexity index is 1150. The molecule has 0 radical (unpaired) electrons. The quantitative estimate of drug-likeness (QED) is 0.613. The lowest BCUT2D eigenvalue weighted by Gasteiger charge is -2.11. The van der Waals surface area contributed by atoms with Gasteiger partial charge in [-0.2, -0.15) is 0 Å². The molecule has 4 rings (SSSR count). The minimum absolute atomic E-state index is 0.149. The molecule has 30 heavy (non-hydrogen) atoms. The number of nitrogens with zero attached hydrogens (tertiary/aromatic N) is 2. The molecule has 1 aliphatic heterocycles. The number of amides is 1. The molecule has 7 nitrogen and oxygen atoms in total. The lowest BCUT2D eigenvalue weighted by molar-refractivity contribution is 0.0950. The average molecular weight is 426 g/mol. The first-order chi connectivity index (χ1) is 14.4. The number of ether oxygens (including phenoxy) is 2. The highest BCUT2D eigenvalue weighted by atomic mass is 32.1. The van der Waals surface area contributed by atoms with Crippen LogP contribution in [0.3, 0.4) is 0 Å². The van der Waals surface area contributed by atoms with Crippen molar-refractivity contribution < 1.29 is 14.3 Å². The van der Waals surface area contributed by atoms with E-state index in [1.807, 2.05) is 6.92 Å². The second-order valence-electron chi connectivity index (χ2n) is 7.20. The summed E-state index contributed by atoms with van der Waals surface area (Å²) in [6.45, 7) is 6.47. The van der Waals surface area contributed by atoms with Crippen LogP contribution in [0.4, 0.5) is 0 Å². The number of aryl methyl sites for hydroxylation is 4. The largest absolute Gasteiger partial charge is 0.454 e. The Morgan fingerprint density at radius 3 is 2.77 bits per heavy atom. The highest BCUT2D eigenvalue weighted by Crippen LogP contribution is 2.33. The first-order valence-electron chi connectivity index (χ1n) is 9.77. The number of rotatable bonds is 6. The van der Waals surface area contributed by atoms with Gasteiger partial charge in [0.25, 0.3) is 11.5 Å². The van der Waals surface area contributed by atoms with E-state index in [1.165, 1.54) is 9.44 Å². The summed E-state index contributed by atoms with van der Waals surface area (Å²) in [5, 5.41) is 3.94. The van der Waals surface area contributed by atoms with Crippen molar-refractivity contribution in [2.24, 2.45) is 0 Å². The normalized spacial score (nSPS) is 12.2. The minimum Gasteiger partial charge on any atom is -0.454 e. The van der Waals surface area contributed by atoms with Crippen molar-refractivity contribution in [1.82, 2.24) is 14.9 Å². The second-order valence-corrected chi connectivity index (χ2v) is 8.48. The maximum absolute atomic E-state index is 13.0. The molecule has 0 fully saturated rings. The molecule has 0 saturated carbocycles. The van der Waals surface area contributed by atoms with E-state index in [1.54, 1.807) is 48.7 Å². The second kappa shape index (κ2) is 8.31. The third-order valence-corrected chi connectivity index (χ3v) is 6.22. The molecule has 1 aromatic carbocycles. The number of pyridine rings is 1. The van der Waals surface area contributed by atoms with Gasteiger partial charge in [0.05, 0.1) is 16.4 Å². The number of nitrogens with one attached hydrogen (secondary N) is 1. The van der Waals surface area contributed by atoms with Crippen molar-refractivity contribution in [2.75, 3.05) is 13.3 Å². The van der Waals surface area contributed by atoms with E-state index in [9.17, 15) is 9.59 Å². The fourth-order valence-electron chi connectivity index (χ4n) is 3.32. The van der Waals surface area contributed by atoms with Crippen LogP contribution in [0.15, 0.2) is 35.3 Å². The van der Waals surface area contributed by atoms with E-state index in [0.29, 0.717) is 29.3 Å². The molecule has 3 heterocycles. The van der Waals surface area contributed by atoms with Gasteiger partial charge in [0.15, 0.2) is 11.5 Å². The highest BCUT2D eigenvalue weighted by Gasteiger charge is 2.18. The standard InChI is InChI=1S/C22H23N3O4S/c1-13-8-10-25(16-6-7-17-18(11-16)29-12-28-17)22(27)20(13)21(26)23-9-4-5-19-24-14(2)15(3)30-19/h6-8,10-11H,4-5,9,12H2,1-3H3,(H,23,26). The van der Waals surface area contributed by atoms with Crippen LogP contribution >= 0.6 is 11.3 Å². The monoisotopic (exact) mass is 425 g/mol. The van der Waals surface area contributed by atoms with Gasteiger partial charge in [0, 0.05) is 30.1 Å². The van der Waals surface area contributed by atoms with Gasteiger partial charge in [0.1, 0.15) is 5.56 Å². The molecule has 0 aliphatic carbocycles. The predicted octanol–water partition coefficient (Wildman–Crippen LogP) is 3.31. The Balaban J connectivity index is 1.47. The number of carbonyl (C=O) groups excluding carboxylic acids is 1. The lowest BCUT2D eigenvalue weighted by Crippen LogP contribution is -2.34. The van der Waals surface area contributed by atoms with Gasteiger partial charge >= 0.3 is 0 Å². The number of benzene rings is 1. The summed E-state index contributed by atoms with van der Waals surface area (Å²) in [6.07, 6.45) is 3.23. The lowest BCUT2D eigenvalue weighted by atomic mass is 10.1. The van der Waals surface area contributed by atoms with Crippen LogP contribution in [0.1, 0.15) is 37.9 Å². The number of aromatic nitrogens is 2. The zero-order chi connectivity index (χ0) is 21.3. The third kappa shape index (κ3) is 3.95. The van der Waals surface area contributed by atoms with Crippen LogP contribution in [-0.4, -0.2) is 28.8 Å². The van der Waals surface area contributed by atoms with E-state index >= 15 is 0 Å². The predicted molar refractivity (Wildman–Crippen MR) is 115 cm³/mol. The molecular formula is C22H23N3O4S. The molecule has 2 aromatic heterocycles. The summed E-state index contributed by atoms with van der Waals surface area (Å²) in [5.41, 5.74) is 2.10. The van der Waals surface area contributed by atoms with Crippen molar-refractivity contribution >= 4 is 17.2 Å². The zero-order valence-corrected chi connectivity index (χ0v) is 18.0. The van der Waals surface area contributed by atoms with Crippen LogP contribution in [0.5, 0.6) is 11.5 Å². The molecule has 0 saturated heterocycles. The number of thiazole rings is 1. The summed E-state index contributed by atoms with van der Waals surface area (Å²) in [4.78, 5) is 31.5. The summed E-state index contributed by atoms with van der Waals surface area (Å²) < 4.78 is 12.2. The van der Waals surface area contributed by atoms with Crippen LogP contribution in [-0.2, 0) is 6.42 Å². The zero-order valence-electron chi connectivity index (χ0n) is 17.2. The number of carbonyl (C=O) groups is 1. The average Bonchev–Trinajstić information content (AvgIpc) is 3.31. The fraction of sp³-hybridized carbons (Fsp3) is 0.318. The van der Waals surface area contributed by atoms with Gasteiger partial charge < -0.3 is 14.8 Å². The van der Waals surface area contributed by atoms with Crippen LogP contribution < -0.4 is 20.3 Å². The number of fused-ring (bicyclic) bond motifs is 1. The fourth-order valence-corrected chi connectivity index (χ4v) is 4.29. The Labute approximate surface area is 178 Å². The van der Waals surface area contributed by atoms with Crippen molar-refractivity contribution in [2.45, 2.75) is 33.6 Å². The minimum atomic E-state index is -0.363. The number of hydrogen-bond acceptors (Lipinski definition) is 6. The van der Waals surface area contributed by atoms with E-state index in [-0.39, 0.29) is 23.8 Å². The van der Waals surface area contributed by atoms with Crippen LogP contribution in [0.2, 0.25) is 0 Å². The molecule has 156 valence electrons. The van der Waals surface area contributed by atoms with Crippen molar-refractivity contribution in [3.63, 3.8) is 0 Å². The van der Waals surface area contributed by atoms with Gasteiger partial charge in [-0.1, -0.05) is 0 Å². The number of hydrogen-bond donors (Lipinski definition) is 1. The van der Waals surface area contributed by atoms with Crippen LogP contribution in [0, 0.1) is 20.8 Å². The van der Waals surface area contributed by atoms with E-state index in [4.69, 9.17) is 9.47 Å². The van der Waals surface area contributed by atoms with Crippen molar-refractivity contribution in [1.29, 1.82) is 0 Å². The molecule has 3 aromatic rings. The Morgan fingerprint density at radius 2 is 2.00 bits per heavy atom. The molecule has 1 aliphatic rings. The summed E-state index contributed by atoms with van der Waals surface area (Å²) in [7, 11) is 0. The Morgan fingerprint density at radius 1 is 1.20 bits per heavy atom. The molecule has 0 unspecified atom stereocenters. The third-order valence-electron chi connectivity index (χ3n) is 5.09. The Kier molecular flexibility index (Phi) is 5.59. The maximum atomic E-state index is 13.0. The summed E-state index contributed by atoms with van der Waals surface area (Å²) in [5.74, 6) is 0.861. The first kappa shape index (κ1) is 20.2. The maximum Gasteiger partial charge on any atom is 0.268 e. The Hall–Kier alpha value is -3.13. The van der Waals surface area contributed by atoms with E-state index in [2.05, 4.69) is 17.2 Å². The SMILES string of the molecule is Cc1ccn(-c2ccc3c(c2)OCO3)c(=O)c1C(=O)NCCCc1nc(C)c(C)s1.